The van der Waals surface area contributed by atoms with E-state index in [0.717, 1.165) is 5.01 Å². The molecule has 1 N–H and O–H groups in total. The molecular weight excluding hydrogens is 237 g/mol. The van der Waals surface area contributed by atoms with Gasteiger partial charge in [-0.25, -0.2) is 4.98 Å². The van der Waals surface area contributed by atoms with Gasteiger partial charge in [0.25, 0.3) is 0 Å². The molecule has 1 aromatic rings. The normalized spacial score (nSPS) is 14.1. The molecule has 0 aliphatic heterocycles. The average molecular weight is 252 g/mol. The highest BCUT2D eigenvalue weighted by Gasteiger charge is 2.39. The van der Waals surface area contributed by atoms with E-state index in [1.54, 1.807) is 12.3 Å². The Bertz CT molecular complexity index is 322. The van der Waals surface area contributed by atoms with Gasteiger partial charge in [0, 0.05) is 11.8 Å². The quantitative estimate of drug-likeness (QED) is 0.871. The van der Waals surface area contributed by atoms with Gasteiger partial charge in [0.05, 0.1) is 10.7 Å². The second-order valence-corrected chi connectivity index (χ2v) is 4.67. The Morgan fingerprint density at radius 1 is 1.50 bits per heavy atom. The standard InChI is InChI=1S/C10H15F3N2S/c1-3-4-14-9(10(11,12)13)5-8-6-16-7(2)15-8/h6,9,14H,3-5H2,1-2H3. The van der Waals surface area contributed by atoms with Crippen LogP contribution in [-0.2, 0) is 6.42 Å². The van der Waals surface area contributed by atoms with Gasteiger partial charge in [-0.3, -0.25) is 0 Å². The summed E-state index contributed by atoms with van der Waals surface area (Å²) >= 11 is 1.37. The molecule has 1 atom stereocenters. The van der Waals surface area contributed by atoms with Crippen LogP contribution in [0.15, 0.2) is 5.38 Å². The Morgan fingerprint density at radius 3 is 2.62 bits per heavy atom. The van der Waals surface area contributed by atoms with Gasteiger partial charge in [-0.15, -0.1) is 11.3 Å². The molecule has 0 aliphatic rings. The third kappa shape index (κ3) is 4.09. The lowest BCUT2D eigenvalue weighted by molar-refractivity contribution is -0.155. The van der Waals surface area contributed by atoms with Crippen LogP contribution >= 0.6 is 11.3 Å². The minimum Gasteiger partial charge on any atom is -0.306 e. The molecule has 0 fully saturated rings. The van der Waals surface area contributed by atoms with Crippen molar-refractivity contribution in [3.63, 3.8) is 0 Å². The number of nitrogens with zero attached hydrogens (tertiary/aromatic N) is 1. The summed E-state index contributed by atoms with van der Waals surface area (Å²) in [5.41, 5.74) is 0.508. The van der Waals surface area contributed by atoms with Crippen LogP contribution in [0.5, 0.6) is 0 Å². The van der Waals surface area contributed by atoms with Crippen LogP contribution in [0.2, 0.25) is 0 Å². The fourth-order valence-corrected chi connectivity index (χ4v) is 1.96. The molecule has 0 bridgehead atoms. The van der Waals surface area contributed by atoms with E-state index in [0.29, 0.717) is 18.7 Å². The van der Waals surface area contributed by atoms with Crippen LogP contribution in [0.1, 0.15) is 24.0 Å². The summed E-state index contributed by atoms with van der Waals surface area (Å²) in [5.74, 6) is 0. The fraction of sp³-hybridized carbons (Fsp3) is 0.700. The van der Waals surface area contributed by atoms with E-state index >= 15 is 0 Å². The first-order valence-electron chi connectivity index (χ1n) is 5.14. The zero-order valence-corrected chi connectivity index (χ0v) is 10.1. The van der Waals surface area contributed by atoms with Gasteiger partial charge >= 0.3 is 6.18 Å². The number of alkyl halides is 3. The average Bonchev–Trinajstić information content (AvgIpc) is 2.57. The van der Waals surface area contributed by atoms with Crippen molar-refractivity contribution in [2.75, 3.05) is 6.54 Å². The van der Waals surface area contributed by atoms with Crippen molar-refractivity contribution >= 4 is 11.3 Å². The van der Waals surface area contributed by atoms with Crippen LogP contribution in [0.25, 0.3) is 0 Å². The minimum atomic E-state index is -4.22. The van der Waals surface area contributed by atoms with E-state index in [2.05, 4.69) is 10.3 Å². The first-order chi connectivity index (χ1) is 7.43. The molecule has 0 aromatic carbocycles. The molecule has 92 valence electrons. The maximum absolute atomic E-state index is 12.6. The minimum absolute atomic E-state index is 0.0894. The molecule has 2 nitrogen and oxygen atoms in total. The number of rotatable bonds is 5. The molecular formula is C10H15F3N2S. The molecule has 0 radical (unpaired) electrons. The topological polar surface area (TPSA) is 24.9 Å². The molecule has 1 aromatic heterocycles. The zero-order valence-electron chi connectivity index (χ0n) is 9.27. The Balaban J connectivity index is 2.63. The van der Waals surface area contributed by atoms with Gasteiger partial charge in [-0.2, -0.15) is 13.2 Å². The lowest BCUT2D eigenvalue weighted by atomic mass is 10.1. The highest BCUT2D eigenvalue weighted by Crippen LogP contribution is 2.23. The van der Waals surface area contributed by atoms with Crippen LogP contribution in [0, 0.1) is 6.92 Å². The Kier molecular flexibility index (Phi) is 4.73. The highest BCUT2D eigenvalue weighted by atomic mass is 32.1. The first kappa shape index (κ1) is 13.4. The SMILES string of the molecule is CCCNC(Cc1csc(C)n1)C(F)(F)F. The van der Waals surface area contributed by atoms with Crippen molar-refractivity contribution in [3.8, 4) is 0 Å². The predicted octanol–water partition coefficient (Wildman–Crippen LogP) is 2.92. The number of nitrogens with one attached hydrogen (secondary N) is 1. The molecule has 1 rings (SSSR count). The molecule has 0 saturated carbocycles. The van der Waals surface area contributed by atoms with Gasteiger partial charge in [0.15, 0.2) is 0 Å². The summed E-state index contributed by atoms with van der Waals surface area (Å²) in [6.07, 6.45) is -3.62. The molecule has 0 amide bonds. The summed E-state index contributed by atoms with van der Waals surface area (Å²) in [6, 6.07) is -1.49. The summed E-state index contributed by atoms with van der Waals surface area (Å²) < 4.78 is 37.9. The van der Waals surface area contributed by atoms with E-state index in [4.69, 9.17) is 0 Å². The maximum atomic E-state index is 12.6. The van der Waals surface area contributed by atoms with Gasteiger partial charge in [0.2, 0.25) is 0 Å². The second-order valence-electron chi connectivity index (χ2n) is 3.61. The third-order valence-electron chi connectivity index (χ3n) is 2.12. The summed E-state index contributed by atoms with van der Waals surface area (Å²) in [7, 11) is 0. The van der Waals surface area contributed by atoms with E-state index in [9.17, 15) is 13.2 Å². The van der Waals surface area contributed by atoms with Crippen molar-refractivity contribution in [1.82, 2.24) is 10.3 Å². The number of aromatic nitrogens is 1. The lowest BCUT2D eigenvalue weighted by Gasteiger charge is -2.20. The Morgan fingerprint density at radius 2 is 2.19 bits per heavy atom. The fourth-order valence-electron chi connectivity index (χ4n) is 1.33. The maximum Gasteiger partial charge on any atom is 0.404 e. The molecule has 16 heavy (non-hydrogen) atoms. The van der Waals surface area contributed by atoms with Gasteiger partial charge in [-0.1, -0.05) is 6.92 Å². The van der Waals surface area contributed by atoms with Crippen LogP contribution in [-0.4, -0.2) is 23.7 Å². The van der Waals surface area contributed by atoms with E-state index < -0.39 is 12.2 Å². The second kappa shape index (κ2) is 5.63. The Hall–Kier alpha value is -0.620. The van der Waals surface area contributed by atoms with Crippen LogP contribution in [0.3, 0.4) is 0 Å². The highest BCUT2D eigenvalue weighted by molar-refractivity contribution is 7.09. The van der Waals surface area contributed by atoms with Gasteiger partial charge in [0.1, 0.15) is 6.04 Å². The molecule has 1 heterocycles. The number of aryl methyl sites for hydroxylation is 1. The van der Waals surface area contributed by atoms with E-state index in [-0.39, 0.29) is 6.42 Å². The summed E-state index contributed by atoms with van der Waals surface area (Å²) in [6.45, 7) is 4.00. The van der Waals surface area contributed by atoms with E-state index in [1.165, 1.54) is 11.3 Å². The lowest BCUT2D eigenvalue weighted by Crippen LogP contribution is -2.44. The molecule has 6 heteroatoms. The largest absolute Gasteiger partial charge is 0.404 e. The molecule has 0 aliphatic carbocycles. The van der Waals surface area contributed by atoms with Crippen LogP contribution in [0.4, 0.5) is 13.2 Å². The zero-order chi connectivity index (χ0) is 12.2. The van der Waals surface area contributed by atoms with Crippen molar-refractivity contribution in [3.05, 3.63) is 16.1 Å². The molecule has 0 spiro atoms. The first-order valence-corrected chi connectivity index (χ1v) is 6.02. The summed E-state index contributed by atoms with van der Waals surface area (Å²) in [5, 5.41) is 4.99. The van der Waals surface area contributed by atoms with Crippen molar-refractivity contribution < 1.29 is 13.2 Å². The molecule has 1 unspecified atom stereocenters. The van der Waals surface area contributed by atoms with Crippen LogP contribution < -0.4 is 5.32 Å². The van der Waals surface area contributed by atoms with E-state index in [1.807, 2.05) is 6.92 Å². The number of halogens is 3. The molecule has 0 saturated heterocycles. The van der Waals surface area contributed by atoms with Crippen molar-refractivity contribution in [2.24, 2.45) is 0 Å². The third-order valence-corrected chi connectivity index (χ3v) is 2.94. The Labute approximate surface area is 96.9 Å². The van der Waals surface area contributed by atoms with Gasteiger partial charge in [-0.05, 0) is 19.9 Å². The van der Waals surface area contributed by atoms with Crippen molar-refractivity contribution in [2.45, 2.75) is 38.9 Å². The number of hydrogen-bond donors (Lipinski definition) is 1. The van der Waals surface area contributed by atoms with Gasteiger partial charge < -0.3 is 5.32 Å². The predicted molar refractivity (Wildman–Crippen MR) is 58.7 cm³/mol. The smallest absolute Gasteiger partial charge is 0.306 e. The number of thiazole rings is 1. The monoisotopic (exact) mass is 252 g/mol. The van der Waals surface area contributed by atoms with Crippen molar-refractivity contribution in [1.29, 1.82) is 0 Å². The number of hydrogen-bond acceptors (Lipinski definition) is 3. The summed E-state index contributed by atoms with van der Waals surface area (Å²) in [4.78, 5) is 4.05.